The summed E-state index contributed by atoms with van der Waals surface area (Å²) in [5.74, 6) is 0.681. The Bertz CT molecular complexity index is 519. The number of hydrogen-bond acceptors (Lipinski definition) is 4. The van der Waals surface area contributed by atoms with Gasteiger partial charge in [-0.1, -0.05) is 0 Å². The molecule has 17 heavy (non-hydrogen) atoms. The second kappa shape index (κ2) is 5.25. The van der Waals surface area contributed by atoms with Gasteiger partial charge in [-0.2, -0.15) is 0 Å². The molecule has 2 N–H and O–H groups in total. The highest BCUT2D eigenvalue weighted by molar-refractivity contribution is 9.10. The monoisotopic (exact) mass is 293 g/mol. The van der Waals surface area contributed by atoms with Crippen LogP contribution in [0.15, 0.2) is 41.3 Å². The molecular formula is C12H12BrN3O. The van der Waals surface area contributed by atoms with Crippen LogP contribution in [-0.4, -0.2) is 17.1 Å². The van der Waals surface area contributed by atoms with Gasteiger partial charge < -0.3 is 10.5 Å². The topological polar surface area (TPSA) is 61.0 Å². The molecule has 0 aliphatic rings. The molecule has 0 aromatic carbocycles. The van der Waals surface area contributed by atoms with Crippen LogP contribution in [0, 0.1) is 0 Å². The fraction of sp³-hybridized carbons (Fsp3) is 0.167. The van der Waals surface area contributed by atoms with Crippen LogP contribution < -0.4 is 10.5 Å². The standard InChI is InChI=1S/C12H12BrN3O/c1-17-10-3-2-4-16-12(10)11(14)8-5-9(13)7-15-6-8/h2-7,11H,14H2,1H3. The van der Waals surface area contributed by atoms with E-state index in [9.17, 15) is 0 Å². The quantitative estimate of drug-likeness (QED) is 0.943. The molecule has 0 bridgehead atoms. The first-order valence-corrected chi connectivity index (χ1v) is 5.86. The summed E-state index contributed by atoms with van der Waals surface area (Å²) in [5, 5.41) is 0. The molecule has 1 unspecified atom stereocenters. The van der Waals surface area contributed by atoms with E-state index in [2.05, 4.69) is 25.9 Å². The molecule has 4 nitrogen and oxygen atoms in total. The van der Waals surface area contributed by atoms with E-state index in [0.29, 0.717) is 11.4 Å². The molecule has 2 aromatic heterocycles. The largest absolute Gasteiger partial charge is 0.495 e. The summed E-state index contributed by atoms with van der Waals surface area (Å²) < 4.78 is 6.13. The van der Waals surface area contributed by atoms with Gasteiger partial charge in [-0.25, -0.2) is 0 Å². The third kappa shape index (κ3) is 2.62. The van der Waals surface area contributed by atoms with Crippen molar-refractivity contribution >= 4 is 15.9 Å². The van der Waals surface area contributed by atoms with Gasteiger partial charge in [-0.3, -0.25) is 9.97 Å². The van der Waals surface area contributed by atoms with Crippen molar-refractivity contribution < 1.29 is 4.74 Å². The van der Waals surface area contributed by atoms with Gasteiger partial charge in [-0.15, -0.1) is 0 Å². The van der Waals surface area contributed by atoms with Gasteiger partial charge >= 0.3 is 0 Å². The van der Waals surface area contributed by atoms with Crippen LogP contribution in [0.1, 0.15) is 17.3 Å². The molecule has 1 atom stereocenters. The number of pyridine rings is 2. The smallest absolute Gasteiger partial charge is 0.142 e. The zero-order valence-electron chi connectivity index (χ0n) is 9.30. The number of ether oxygens (including phenoxy) is 1. The summed E-state index contributed by atoms with van der Waals surface area (Å²) in [6.07, 6.45) is 5.14. The van der Waals surface area contributed by atoms with Crippen molar-refractivity contribution in [2.24, 2.45) is 5.73 Å². The predicted octanol–water partition coefficient (Wildman–Crippen LogP) is 2.30. The SMILES string of the molecule is COc1cccnc1C(N)c1cncc(Br)c1. The highest BCUT2D eigenvalue weighted by Gasteiger charge is 2.15. The summed E-state index contributed by atoms with van der Waals surface area (Å²) in [4.78, 5) is 8.35. The van der Waals surface area contributed by atoms with E-state index in [0.717, 1.165) is 10.0 Å². The van der Waals surface area contributed by atoms with E-state index >= 15 is 0 Å². The number of methoxy groups -OCH3 is 1. The van der Waals surface area contributed by atoms with Gasteiger partial charge in [-0.05, 0) is 39.7 Å². The van der Waals surface area contributed by atoms with E-state index in [1.807, 2.05) is 18.2 Å². The Morgan fingerprint density at radius 3 is 2.94 bits per heavy atom. The summed E-state index contributed by atoms with van der Waals surface area (Å²) >= 11 is 3.37. The fourth-order valence-corrected chi connectivity index (χ4v) is 1.95. The van der Waals surface area contributed by atoms with Crippen LogP contribution in [0.5, 0.6) is 5.75 Å². The lowest BCUT2D eigenvalue weighted by Crippen LogP contribution is -2.15. The molecule has 0 saturated heterocycles. The Labute approximate surface area is 108 Å². The molecule has 5 heteroatoms. The molecule has 2 aromatic rings. The lowest BCUT2D eigenvalue weighted by molar-refractivity contribution is 0.404. The van der Waals surface area contributed by atoms with E-state index in [4.69, 9.17) is 10.5 Å². The van der Waals surface area contributed by atoms with E-state index in [1.54, 1.807) is 25.7 Å². The van der Waals surface area contributed by atoms with Crippen molar-refractivity contribution in [3.8, 4) is 5.75 Å². The first kappa shape index (κ1) is 12.0. The number of nitrogens with two attached hydrogens (primary N) is 1. The normalized spacial score (nSPS) is 12.2. The van der Waals surface area contributed by atoms with Crippen molar-refractivity contribution in [1.82, 2.24) is 9.97 Å². The number of hydrogen-bond donors (Lipinski definition) is 1. The van der Waals surface area contributed by atoms with Crippen LogP contribution in [0.2, 0.25) is 0 Å². The van der Waals surface area contributed by atoms with Crippen molar-refractivity contribution in [1.29, 1.82) is 0 Å². The third-order valence-electron chi connectivity index (χ3n) is 2.40. The fourth-order valence-electron chi connectivity index (χ4n) is 1.57. The van der Waals surface area contributed by atoms with Gasteiger partial charge in [0.2, 0.25) is 0 Å². The summed E-state index contributed by atoms with van der Waals surface area (Å²) in [6.45, 7) is 0. The highest BCUT2D eigenvalue weighted by atomic mass is 79.9. The molecule has 0 saturated carbocycles. The molecule has 88 valence electrons. The highest BCUT2D eigenvalue weighted by Crippen LogP contribution is 2.26. The Hall–Kier alpha value is -1.46. The van der Waals surface area contributed by atoms with Crippen molar-refractivity contribution in [3.63, 3.8) is 0 Å². The number of aromatic nitrogens is 2. The number of rotatable bonds is 3. The van der Waals surface area contributed by atoms with Crippen molar-refractivity contribution in [2.75, 3.05) is 7.11 Å². The second-order valence-electron chi connectivity index (χ2n) is 3.51. The average molecular weight is 294 g/mol. The van der Waals surface area contributed by atoms with Crippen LogP contribution in [-0.2, 0) is 0 Å². The Balaban J connectivity index is 2.40. The molecule has 0 fully saturated rings. The summed E-state index contributed by atoms with van der Waals surface area (Å²) in [7, 11) is 1.60. The lowest BCUT2D eigenvalue weighted by Gasteiger charge is -2.14. The molecule has 0 radical (unpaired) electrons. The first-order valence-electron chi connectivity index (χ1n) is 5.07. The van der Waals surface area contributed by atoms with Gasteiger partial charge in [0.05, 0.1) is 13.2 Å². The molecule has 0 amide bonds. The zero-order chi connectivity index (χ0) is 12.3. The maximum atomic E-state index is 6.16. The van der Waals surface area contributed by atoms with Crippen LogP contribution in [0.4, 0.5) is 0 Å². The Morgan fingerprint density at radius 1 is 1.41 bits per heavy atom. The number of nitrogens with zero attached hydrogens (tertiary/aromatic N) is 2. The van der Waals surface area contributed by atoms with E-state index in [-0.39, 0.29) is 6.04 Å². The number of halogens is 1. The average Bonchev–Trinajstić information content (AvgIpc) is 2.38. The minimum atomic E-state index is -0.351. The minimum absolute atomic E-state index is 0.351. The third-order valence-corrected chi connectivity index (χ3v) is 2.83. The van der Waals surface area contributed by atoms with Gasteiger partial charge in [0, 0.05) is 23.1 Å². The molecule has 2 rings (SSSR count). The first-order chi connectivity index (χ1) is 8.22. The Morgan fingerprint density at radius 2 is 2.24 bits per heavy atom. The second-order valence-corrected chi connectivity index (χ2v) is 4.42. The van der Waals surface area contributed by atoms with Crippen LogP contribution in [0.3, 0.4) is 0 Å². The predicted molar refractivity (Wildman–Crippen MR) is 68.8 cm³/mol. The maximum Gasteiger partial charge on any atom is 0.142 e. The van der Waals surface area contributed by atoms with E-state index < -0.39 is 0 Å². The van der Waals surface area contributed by atoms with Crippen molar-refractivity contribution in [2.45, 2.75) is 6.04 Å². The molecule has 2 heterocycles. The Kier molecular flexibility index (Phi) is 3.71. The summed E-state index contributed by atoms with van der Waals surface area (Å²) in [5.41, 5.74) is 7.75. The molecular weight excluding hydrogens is 282 g/mol. The maximum absolute atomic E-state index is 6.16. The minimum Gasteiger partial charge on any atom is -0.495 e. The molecule has 0 aliphatic carbocycles. The van der Waals surface area contributed by atoms with E-state index in [1.165, 1.54) is 0 Å². The lowest BCUT2D eigenvalue weighted by atomic mass is 10.1. The van der Waals surface area contributed by atoms with Gasteiger partial charge in [0.25, 0.3) is 0 Å². The summed E-state index contributed by atoms with van der Waals surface area (Å²) in [6, 6.07) is 5.23. The van der Waals surface area contributed by atoms with Crippen LogP contribution >= 0.6 is 15.9 Å². The zero-order valence-corrected chi connectivity index (χ0v) is 10.9. The molecule has 0 aliphatic heterocycles. The molecule has 0 spiro atoms. The van der Waals surface area contributed by atoms with Crippen LogP contribution in [0.25, 0.3) is 0 Å². The van der Waals surface area contributed by atoms with Gasteiger partial charge in [0.15, 0.2) is 0 Å². The van der Waals surface area contributed by atoms with Gasteiger partial charge in [0.1, 0.15) is 11.4 Å². The van der Waals surface area contributed by atoms with Crippen molar-refractivity contribution in [3.05, 3.63) is 52.5 Å².